The molecule has 124 valence electrons. The number of aromatic nitrogens is 2. The minimum Gasteiger partial charge on any atom is -0.364 e. The highest BCUT2D eigenvalue weighted by atomic mass is 19.1. The summed E-state index contributed by atoms with van der Waals surface area (Å²) in [6, 6.07) is 3.94. The minimum atomic E-state index is -1.01. The number of anilines is 1. The zero-order valence-electron chi connectivity index (χ0n) is 12.9. The van der Waals surface area contributed by atoms with Crippen molar-refractivity contribution in [3.8, 4) is 0 Å². The van der Waals surface area contributed by atoms with E-state index in [2.05, 4.69) is 0 Å². The van der Waals surface area contributed by atoms with Crippen LogP contribution in [0.1, 0.15) is 13.8 Å². The molecule has 0 saturated heterocycles. The van der Waals surface area contributed by atoms with Crippen LogP contribution in [0.5, 0.6) is 0 Å². The smallest absolute Gasteiger partial charge is 0.364 e. The number of carbonyl (C=O) groups is 1. The minimum absolute atomic E-state index is 0.334. The first-order valence-corrected chi connectivity index (χ1v) is 6.78. The molecule has 1 aromatic carbocycles. The Hall–Kier alpha value is -2.68. The predicted octanol–water partition coefficient (Wildman–Crippen LogP) is 1.23. The van der Waals surface area contributed by atoms with Crippen LogP contribution in [0.4, 0.5) is 14.9 Å². The monoisotopic (exact) mass is 325 g/mol. The molecule has 1 amide bonds. The lowest BCUT2D eigenvalue weighted by Crippen LogP contribution is -2.44. The van der Waals surface area contributed by atoms with E-state index in [0.717, 1.165) is 0 Å². The van der Waals surface area contributed by atoms with E-state index in [9.17, 15) is 18.8 Å². The Bertz CT molecular complexity index is 803. The molecule has 9 heteroatoms. The molecule has 2 rings (SSSR count). The molecule has 0 aliphatic rings. The number of hydrogen-bond acceptors (Lipinski definition) is 5. The number of benzene rings is 1. The Balaban J connectivity index is 2.47. The highest BCUT2D eigenvalue weighted by molar-refractivity contribution is 5.93. The third-order valence-corrected chi connectivity index (χ3v) is 3.05. The molecule has 0 N–H and O–H groups in total. The van der Waals surface area contributed by atoms with Gasteiger partial charge in [0.1, 0.15) is 12.5 Å². The quantitative estimate of drug-likeness (QED) is 0.844. The summed E-state index contributed by atoms with van der Waals surface area (Å²) in [4.78, 5) is 37.5. The zero-order valence-corrected chi connectivity index (χ0v) is 12.9. The van der Waals surface area contributed by atoms with Crippen LogP contribution in [-0.2, 0) is 11.5 Å². The highest BCUT2D eigenvalue weighted by Gasteiger charge is 2.26. The molecule has 0 aliphatic heterocycles. The van der Waals surface area contributed by atoms with E-state index in [4.69, 9.17) is 9.26 Å². The molecule has 0 spiro atoms. The summed E-state index contributed by atoms with van der Waals surface area (Å²) >= 11 is 0. The zero-order chi connectivity index (χ0) is 17.1. The van der Waals surface area contributed by atoms with Gasteiger partial charge in [-0.3, -0.25) is 4.90 Å². The Morgan fingerprint density at radius 3 is 2.43 bits per heavy atom. The van der Waals surface area contributed by atoms with Gasteiger partial charge in [-0.2, -0.15) is 4.57 Å². The van der Waals surface area contributed by atoms with Crippen molar-refractivity contribution in [3.05, 3.63) is 51.1 Å². The largest absolute Gasteiger partial charge is 0.445 e. The SMILES string of the molecule is COCn1c(=O)on(C(=O)N(c2ccc(F)cc2)C(C)C)c1=O. The second kappa shape index (κ2) is 6.61. The number of nitrogens with zero attached hydrogens (tertiary/aromatic N) is 3. The fourth-order valence-electron chi connectivity index (χ4n) is 2.04. The normalized spacial score (nSPS) is 11.0. The third-order valence-electron chi connectivity index (χ3n) is 3.05. The third kappa shape index (κ3) is 3.24. The van der Waals surface area contributed by atoms with Crippen LogP contribution in [0.2, 0.25) is 0 Å². The van der Waals surface area contributed by atoms with Gasteiger partial charge in [-0.15, -0.1) is 0 Å². The van der Waals surface area contributed by atoms with Gasteiger partial charge in [0.25, 0.3) is 0 Å². The first kappa shape index (κ1) is 16.7. The van der Waals surface area contributed by atoms with Crippen LogP contribution in [-0.4, -0.2) is 28.5 Å². The second-order valence-corrected chi connectivity index (χ2v) is 5.00. The van der Waals surface area contributed by atoms with Gasteiger partial charge in [0.2, 0.25) is 0 Å². The van der Waals surface area contributed by atoms with E-state index in [-0.39, 0.29) is 12.8 Å². The lowest BCUT2D eigenvalue weighted by Gasteiger charge is -2.25. The topological polar surface area (TPSA) is 86.7 Å². The first-order valence-electron chi connectivity index (χ1n) is 6.78. The molecule has 0 unspecified atom stereocenters. The number of carbonyl (C=O) groups excluding carboxylic acids is 1. The number of methoxy groups -OCH3 is 1. The van der Waals surface area contributed by atoms with E-state index in [1.165, 1.54) is 36.3 Å². The molecule has 8 nitrogen and oxygen atoms in total. The number of rotatable bonds is 4. The van der Waals surface area contributed by atoms with E-state index in [0.29, 0.717) is 15.0 Å². The van der Waals surface area contributed by atoms with E-state index in [1.807, 2.05) is 0 Å². The van der Waals surface area contributed by atoms with E-state index < -0.39 is 23.3 Å². The molecule has 23 heavy (non-hydrogen) atoms. The second-order valence-electron chi connectivity index (χ2n) is 5.00. The van der Waals surface area contributed by atoms with Gasteiger partial charge in [0, 0.05) is 18.8 Å². The molecule has 2 aromatic rings. The molecule has 1 heterocycles. The van der Waals surface area contributed by atoms with Crippen LogP contribution < -0.4 is 16.3 Å². The van der Waals surface area contributed by atoms with Gasteiger partial charge >= 0.3 is 17.5 Å². The summed E-state index contributed by atoms with van der Waals surface area (Å²) in [6.45, 7) is 3.08. The lowest BCUT2D eigenvalue weighted by molar-refractivity contribution is 0.122. The van der Waals surface area contributed by atoms with Crippen LogP contribution >= 0.6 is 0 Å². The number of halogens is 1. The maximum atomic E-state index is 13.0. The van der Waals surface area contributed by atoms with Crippen LogP contribution in [0.3, 0.4) is 0 Å². The maximum absolute atomic E-state index is 13.0. The van der Waals surface area contributed by atoms with E-state index >= 15 is 0 Å². The first-order chi connectivity index (χ1) is 10.9. The molecular formula is C14H16FN3O5. The molecule has 0 saturated carbocycles. The molecular weight excluding hydrogens is 309 g/mol. The fourth-order valence-corrected chi connectivity index (χ4v) is 2.04. The maximum Gasteiger partial charge on any atom is 0.445 e. The van der Waals surface area contributed by atoms with E-state index in [1.54, 1.807) is 13.8 Å². The molecule has 0 aliphatic carbocycles. The van der Waals surface area contributed by atoms with Crippen LogP contribution in [0, 0.1) is 5.82 Å². The van der Waals surface area contributed by atoms with Crippen molar-refractivity contribution < 1.29 is 18.4 Å². The van der Waals surface area contributed by atoms with Crippen molar-refractivity contribution in [2.24, 2.45) is 0 Å². The summed E-state index contributed by atoms with van der Waals surface area (Å²) < 4.78 is 23.5. The van der Waals surface area contributed by atoms with Gasteiger partial charge in [-0.1, -0.05) is 4.74 Å². The Kier molecular flexibility index (Phi) is 4.80. The Morgan fingerprint density at radius 2 is 1.91 bits per heavy atom. The van der Waals surface area contributed by atoms with Gasteiger partial charge in [-0.25, -0.2) is 18.8 Å². The standard InChI is InChI=1S/C14H16FN3O5/c1-9(2)17(11-6-4-10(15)5-7-11)13(20)18-12(19)16(8-22-3)14(21)23-18/h4-7,9H,8H2,1-3H3. The predicted molar refractivity (Wildman–Crippen MR) is 79.0 cm³/mol. The van der Waals surface area contributed by atoms with Crippen molar-refractivity contribution in [2.45, 2.75) is 26.6 Å². The van der Waals surface area contributed by atoms with Crippen LogP contribution in [0.15, 0.2) is 38.4 Å². The van der Waals surface area contributed by atoms with Crippen molar-refractivity contribution in [3.63, 3.8) is 0 Å². The van der Waals surface area contributed by atoms with Crippen molar-refractivity contribution in [2.75, 3.05) is 12.0 Å². The van der Waals surface area contributed by atoms with Crippen molar-refractivity contribution in [1.82, 2.24) is 9.31 Å². The summed E-state index contributed by atoms with van der Waals surface area (Å²) in [5, 5.41) is 0. The summed E-state index contributed by atoms with van der Waals surface area (Å²) in [5.41, 5.74) is -0.588. The average molecular weight is 325 g/mol. The Morgan fingerprint density at radius 1 is 1.30 bits per heavy atom. The average Bonchev–Trinajstić information content (AvgIpc) is 2.77. The van der Waals surface area contributed by atoms with Gasteiger partial charge < -0.3 is 9.26 Å². The number of ether oxygens (including phenoxy) is 1. The molecule has 0 bridgehead atoms. The summed E-state index contributed by atoms with van der Waals surface area (Å²) in [7, 11) is 1.30. The summed E-state index contributed by atoms with van der Waals surface area (Å²) in [5.74, 6) is -1.46. The van der Waals surface area contributed by atoms with Crippen molar-refractivity contribution >= 4 is 11.7 Å². The lowest BCUT2D eigenvalue weighted by atomic mass is 10.2. The number of hydrogen-bond donors (Lipinski definition) is 0. The molecule has 1 aromatic heterocycles. The summed E-state index contributed by atoms with van der Waals surface area (Å²) in [6.07, 6.45) is 0. The molecule has 0 radical (unpaired) electrons. The van der Waals surface area contributed by atoms with Gasteiger partial charge in [-0.05, 0) is 38.1 Å². The Labute approximate surface area is 130 Å². The fraction of sp³-hybridized carbons (Fsp3) is 0.357. The van der Waals surface area contributed by atoms with Gasteiger partial charge in [0.15, 0.2) is 0 Å². The van der Waals surface area contributed by atoms with Crippen LogP contribution in [0.25, 0.3) is 0 Å². The molecule has 0 fully saturated rings. The highest BCUT2D eigenvalue weighted by Crippen LogP contribution is 2.18. The molecule has 0 atom stereocenters. The van der Waals surface area contributed by atoms with Gasteiger partial charge in [0.05, 0.1) is 0 Å². The number of amides is 1. The van der Waals surface area contributed by atoms with Crippen molar-refractivity contribution in [1.29, 1.82) is 0 Å².